The molecule has 1 aliphatic rings. The maximum atomic E-state index is 13.5. The van der Waals surface area contributed by atoms with Gasteiger partial charge in [0.25, 0.3) is 11.8 Å². The summed E-state index contributed by atoms with van der Waals surface area (Å²) < 4.78 is 0. The maximum Gasteiger partial charge on any atom is 0.268 e. The monoisotopic (exact) mass is 621 g/mol. The molecule has 10 nitrogen and oxygen atoms in total. The number of hydrogen-bond donors (Lipinski definition) is 3. The Morgan fingerprint density at radius 1 is 1.05 bits per heavy atom. The molecule has 0 saturated heterocycles. The van der Waals surface area contributed by atoms with Crippen molar-refractivity contribution < 1.29 is 14.4 Å². The summed E-state index contributed by atoms with van der Waals surface area (Å²) in [6.45, 7) is 7.35. The van der Waals surface area contributed by atoms with E-state index in [2.05, 4.69) is 27.8 Å². The number of nitrogens with zero attached hydrogens (tertiary/aromatic N) is 4. The molecule has 0 unspecified atom stereocenters. The van der Waals surface area contributed by atoms with Crippen LogP contribution in [0.3, 0.4) is 0 Å². The Morgan fingerprint density at radius 2 is 1.73 bits per heavy atom. The summed E-state index contributed by atoms with van der Waals surface area (Å²) in [7, 11) is 1.78. The smallest absolute Gasteiger partial charge is 0.268 e. The summed E-state index contributed by atoms with van der Waals surface area (Å²) >= 11 is 1.34. The van der Waals surface area contributed by atoms with E-state index in [1.54, 1.807) is 22.3 Å². The Hall–Kier alpha value is -3.22. The van der Waals surface area contributed by atoms with Crippen LogP contribution in [-0.4, -0.2) is 72.5 Å². The molecule has 41 heavy (non-hydrogen) atoms. The number of primary amides is 1. The molecule has 1 aromatic heterocycles. The van der Waals surface area contributed by atoms with Crippen LogP contribution in [0.5, 0.6) is 0 Å². The average molecular weight is 623 g/mol. The second-order valence-electron chi connectivity index (χ2n) is 9.47. The molecule has 1 aliphatic heterocycles. The fourth-order valence-electron chi connectivity index (χ4n) is 4.54. The number of hydrazine groups is 1. The van der Waals surface area contributed by atoms with E-state index in [9.17, 15) is 14.4 Å². The standard InChI is InChI=1S/C28H35N7O3S.2ClH/c1-4-30-11-12-31-25(36)16-34(17-26(37)33(3)35-14-21-7-5-6-8-22(21)15-35)24-10-9-20(13-19(24)2)28-32-23(18-39-28)27(29)38;;/h5-10,13,18,30H,4,11-12,14-17H2,1-3H3,(H2,29,38)(H,31,36);2*1H. The molecule has 4 N–H and O–H groups in total. The summed E-state index contributed by atoms with van der Waals surface area (Å²) in [5.74, 6) is -0.843. The van der Waals surface area contributed by atoms with Crippen LogP contribution in [0.1, 0.15) is 34.1 Å². The predicted molar refractivity (Wildman–Crippen MR) is 168 cm³/mol. The Kier molecular flexibility index (Phi) is 13.0. The van der Waals surface area contributed by atoms with Crippen molar-refractivity contribution in [2.45, 2.75) is 26.9 Å². The second-order valence-corrected chi connectivity index (χ2v) is 10.3. The van der Waals surface area contributed by atoms with Gasteiger partial charge in [0.15, 0.2) is 0 Å². The van der Waals surface area contributed by atoms with Crippen molar-refractivity contribution >= 4 is 59.6 Å². The first kappa shape index (κ1) is 34.0. The van der Waals surface area contributed by atoms with Gasteiger partial charge < -0.3 is 21.3 Å². The van der Waals surface area contributed by atoms with Gasteiger partial charge in [0.05, 0.1) is 13.1 Å². The molecular weight excluding hydrogens is 585 g/mol. The summed E-state index contributed by atoms with van der Waals surface area (Å²) in [5, 5.41) is 12.1. The number of fused-ring (bicyclic) bond motifs is 1. The molecule has 0 spiro atoms. The van der Waals surface area contributed by atoms with E-state index in [1.807, 2.05) is 49.2 Å². The van der Waals surface area contributed by atoms with Crippen LogP contribution in [0.2, 0.25) is 0 Å². The van der Waals surface area contributed by atoms with Crippen molar-refractivity contribution in [3.8, 4) is 10.6 Å². The third-order valence-electron chi connectivity index (χ3n) is 6.68. The summed E-state index contributed by atoms with van der Waals surface area (Å²) in [6, 6.07) is 13.9. The number of rotatable bonds is 12. The number of aromatic nitrogens is 1. The van der Waals surface area contributed by atoms with Crippen LogP contribution >= 0.6 is 36.2 Å². The maximum absolute atomic E-state index is 13.5. The van der Waals surface area contributed by atoms with Gasteiger partial charge in [-0.25, -0.2) is 9.99 Å². The number of carbonyl (C=O) groups is 3. The van der Waals surface area contributed by atoms with Crippen molar-refractivity contribution in [3.63, 3.8) is 0 Å². The lowest BCUT2D eigenvalue weighted by Crippen LogP contribution is -2.48. The first-order valence-corrected chi connectivity index (χ1v) is 13.8. The SMILES string of the molecule is CCNCCNC(=O)CN(CC(=O)N(C)N1Cc2ccccc2C1)c1ccc(-c2nc(C(N)=O)cs2)cc1C.Cl.Cl. The van der Waals surface area contributed by atoms with Gasteiger partial charge in [-0.3, -0.25) is 19.4 Å². The van der Waals surface area contributed by atoms with Crippen LogP contribution < -0.4 is 21.3 Å². The quantitative estimate of drug-likeness (QED) is 0.266. The second kappa shape index (κ2) is 15.7. The number of benzene rings is 2. The number of likely N-dealkylation sites (N-methyl/N-ethyl adjacent to an activating group) is 2. The molecule has 3 aromatic rings. The highest BCUT2D eigenvalue weighted by atomic mass is 35.5. The highest BCUT2D eigenvalue weighted by Gasteiger charge is 2.27. The number of thiazole rings is 1. The van der Waals surface area contributed by atoms with E-state index in [0.717, 1.165) is 23.4 Å². The number of hydrogen-bond acceptors (Lipinski definition) is 8. The van der Waals surface area contributed by atoms with Gasteiger partial charge in [0.2, 0.25) is 5.91 Å². The lowest BCUT2D eigenvalue weighted by molar-refractivity contribution is -0.145. The van der Waals surface area contributed by atoms with E-state index >= 15 is 0 Å². The lowest BCUT2D eigenvalue weighted by Gasteiger charge is -2.32. The predicted octanol–water partition coefficient (Wildman–Crippen LogP) is 2.98. The van der Waals surface area contributed by atoms with E-state index in [-0.39, 0.29) is 55.4 Å². The minimum atomic E-state index is -0.569. The van der Waals surface area contributed by atoms with Crippen LogP contribution in [0.15, 0.2) is 47.8 Å². The normalized spacial score (nSPS) is 12.1. The van der Waals surface area contributed by atoms with Gasteiger partial charge in [-0.1, -0.05) is 31.2 Å². The zero-order chi connectivity index (χ0) is 27.9. The molecule has 0 atom stereocenters. The Morgan fingerprint density at radius 3 is 2.32 bits per heavy atom. The van der Waals surface area contributed by atoms with E-state index in [0.29, 0.717) is 31.2 Å². The van der Waals surface area contributed by atoms with Crippen molar-refractivity contribution in [1.82, 2.24) is 25.6 Å². The minimum absolute atomic E-state index is 0. The topological polar surface area (TPSA) is 124 Å². The number of aryl methyl sites for hydroxylation is 1. The molecule has 0 fully saturated rings. The van der Waals surface area contributed by atoms with Crippen molar-refractivity contribution in [2.75, 3.05) is 44.7 Å². The van der Waals surface area contributed by atoms with Crippen molar-refractivity contribution in [3.05, 3.63) is 70.2 Å². The number of carbonyl (C=O) groups excluding carboxylic acids is 3. The fraction of sp³-hybridized carbons (Fsp3) is 0.357. The van der Waals surface area contributed by atoms with Crippen LogP contribution in [0.25, 0.3) is 10.6 Å². The highest BCUT2D eigenvalue weighted by Crippen LogP contribution is 2.30. The number of nitrogens with two attached hydrogens (primary N) is 1. The largest absolute Gasteiger partial charge is 0.364 e. The molecule has 13 heteroatoms. The van der Waals surface area contributed by atoms with Gasteiger partial charge in [0, 0.05) is 49.9 Å². The lowest BCUT2D eigenvalue weighted by atomic mass is 10.1. The molecule has 2 heterocycles. The number of anilines is 1. The summed E-state index contributed by atoms with van der Waals surface area (Å²) in [6.07, 6.45) is 0. The van der Waals surface area contributed by atoms with Gasteiger partial charge in [0.1, 0.15) is 10.7 Å². The van der Waals surface area contributed by atoms with Gasteiger partial charge in [-0.15, -0.1) is 36.2 Å². The molecule has 4 rings (SSSR count). The van der Waals surface area contributed by atoms with Gasteiger partial charge >= 0.3 is 0 Å². The van der Waals surface area contributed by atoms with Gasteiger partial charge in [-0.2, -0.15) is 0 Å². The molecule has 0 saturated carbocycles. The molecule has 0 aliphatic carbocycles. The number of halogens is 2. The Balaban J connectivity index is 0.00000294. The minimum Gasteiger partial charge on any atom is -0.364 e. The third kappa shape index (κ3) is 8.64. The van der Waals surface area contributed by atoms with Crippen molar-refractivity contribution in [1.29, 1.82) is 0 Å². The van der Waals surface area contributed by atoms with E-state index in [1.165, 1.54) is 22.5 Å². The molecule has 222 valence electrons. The first-order chi connectivity index (χ1) is 18.8. The van der Waals surface area contributed by atoms with Crippen LogP contribution in [0.4, 0.5) is 5.69 Å². The van der Waals surface area contributed by atoms with E-state index < -0.39 is 5.91 Å². The zero-order valence-corrected chi connectivity index (χ0v) is 25.8. The highest BCUT2D eigenvalue weighted by molar-refractivity contribution is 7.13. The third-order valence-corrected chi connectivity index (χ3v) is 7.58. The molecule has 2 aromatic carbocycles. The van der Waals surface area contributed by atoms with Gasteiger partial charge in [-0.05, 0) is 48.4 Å². The van der Waals surface area contributed by atoms with Crippen molar-refractivity contribution in [2.24, 2.45) is 5.73 Å². The Labute approximate surface area is 257 Å². The summed E-state index contributed by atoms with van der Waals surface area (Å²) in [5.41, 5.74) is 10.5. The molecule has 3 amide bonds. The molecule has 0 radical (unpaired) electrons. The van der Waals surface area contributed by atoms with Crippen LogP contribution in [-0.2, 0) is 22.7 Å². The zero-order valence-electron chi connectivity index (χ0n) is 23.4. The molecule has 0 bridgehead atoms. The fourth-order valence-corrected chi connectivity index (χ4v) is 5.34. The number of nitrogens with one attached hydrogen (secondary N) is 2. The van der Waals surface area contributed by atoms with Crippen LogP contribution in [0, 0.1) is 6.92 Å². The summed E-state index contributed by atoms with van der Waals surface area (Å²) in [4.78, 5) is 43.9. The average Bonchev–Trinajstić information content (AvgIpc) is 3.58. The first-order valence-electron chi connectivity index (χ1n) is 12.9. The number of amides is 3. The van der Waals surface area contributed by atoms with E-state index in [4.69, 9.17) is 5.73 Å². The Bertz CT molecular complexity index is 1330. The molecular formula is C28H37Cl2N7O3S.